The van der Waals surface area contributed by atoms with Crippen LogP contribution < -0.4 is 0 Å². The number of hydrogen-bond acceptors (Lipinski definition) is 6. The number of hydrogen-bond donors (Lipinski definition) is 1. The zero-order valence-corrected chi connectivity index (χ0v) is 10.8. The molecule has 0 aromatic carbocycles. The number of fused-ring (bicyclic) bond motifs is 1. The van der Waals surface area contributed by atoms with Crippen LogP contribution in [0.15, 0.2) is 0 Å². The number of aliphatic hydroxyl groups excluding tert-OH is 1. The molecule has 0 aliphatic carbocycles. The fourth-order valence-corrected chi connectivity index (χ4v) is 2.23. The molecule has 6 heteroatoms. The van der Waals surface area contributed by atoms with Crippen molar-refractivity contribution >= 4 is 5.97 Å². The molecule has 2 aliphatic rings. The highest BCUT2D eigenvalue weighted by molar-refractivity contribution is 5.69. The van der Waals surface area contributed by atoms with E-state index in [1.54, 1.807) is 13.8 Å². The van der Waals surface area contributed by atoms with E-state index in [1.807, 2.05) is 0 Å². The fourth-order valence-electron chi connectivity index (χ4n) is 2.23. The Morgan fingerprint density at radius 2 is 2.28 bits per heavy atom. The van der Waals surface area contributed by atoms with Crippen molar-refractivity contribution in [1.29, 1.82) is 0 Å². The minimum Gasteiger partial charge on any atom is -0.466 e. The molecule has 0 bridgehead atoms. The Morgan fingerprint density at radius 1 is 1.50 bits per heavy atom. The summed E-state index contributed by atoms with van der Waals surface area (Å²) in [7, 11) is 0. The highest BCUT2D eigenvalue weighted by atomic mass is 16.7. The summed E-state index contributed by atoms with van der Waals surface area (Å²) in [5.74, 6) is -1.13. The summed E-state index contributed by atoms with van der Waals surface area (Å²) in [6.45, 7) is 4.56. The third-order valence-corrected chi connectivity index (χ3v) is 3.25. The van der Waals surface area contributed by atoms with Gasteiger partial charge in [-0.05, 0) is 13.8 Å². The van der Waals surface area contributed by atoms with Crippen LogP contribution in [-0.2, 0) is 23.7 Å². The second-order valence-electron chi connectivity index (χ2n) is 4.77. The van der Waals surface area contributed by atoms with Crippen molar-refractivity contribution < 1.29 is 28.8 Å². The Kier molecular flexibility index (Phi) is 4.21. The molecule has 0 saturated carbocycles. The number of esters is 1. The van der Waals surface area contributed by atoms with Gasteiger partial charge in [0.25, 0.3) is 0 Å². The number of carbonyl (C=O) groups excluding carboxylic acids is 1. The summed E-state index contributed by atoms with van der Waals surface area (Å²) in [5.41, 5.74) is 0. The summed E-state index contributed by atoms with van der Waals surface area (Å²) >= 11 is 0. The zero-order chi connectivity index (χ0) is 13.2. The van der Waals surface area contributed by atoms with Gasteiger partial charge >= 0.3 is 5.97 Å². The van der Waals surface area contributed by atoms with Crippen molar-refractivity contribution in [3.05, 3.63) is 0 Å². The van der Waals surface area contributed by atoms with E-state index in [0.29, 0.717) is 19.6 Å². The normalized spacial score (nSPS) is 39.4. The van der Waals surface area contributed by atoms with Crippen LogP contribution in [0.3, 0.4) is 0 Å². The molecule has 2 heterocycles. The summed E-state index contributed by atoms with van der Waals surface area (Å²) in [4.78, 5) is 11.3. The first-order valence-electron chi connectivity index (χ1n) is 6.31. The average molecular weight is 260 g/mol. The van der Waals surface area contributed by atoms with E-state index in [9.17, 15) is 9.90 Å². The highest BCUT2D eigenvalue weighted by Gasteiger charge is 2.47. The first kappa shape index (κ1) is 13.7. The van der Waals surface area contributed by atoms with Crippen molar-refractivity contribution in [3.63, 3.8) is 0 Å². The van der Waals surface area contributed by atoms with Crippen molar-refractivity contribution in [3.8, 4) is 0 Å². The van der Waals surface area contributed by atoms with Gasteiger partial charge in [0.15, 0.2) is 5.79 Å². The topological polar surface area (TPSA) is 74.2 Å². The molecule has 0 amide bonds. The molecule has 0 radical (unpaired) electrons. The lowest BCUT2D eigenvalue weighted by Gasteiger charge is -2.40. The van der Waals surface area contributed by atoms with E-state index in [4.69, 9.17) is 18.9 Å². The lowest BCUT2D eigenvalue weighted by molar-refractivity contribution is -0.311. The Bertz CT molecular complexity index is 307. The van der Waals surface area contributed by atoms with E-state index in [0.717, 1.165) is 0 Å². The Labute approximate surface area is 106 Å². The van der Waals surface area contributed by atoms with Gasteiger partial charge in [-0.1, -0.05) is 0 Å². The third kappa shape index (κ3) is 3.00. The molecule has 104 valence electrons. The van der Waals surface area contributed by atoms with Gasteiger partial charge in [0, 0.05) is 6.42 Å². The number of carbonyl (C=O) groups is 1. The summed E-state index contributed by atoms with van der Waals surface area (Å²) in [6.07, 6.45) is -0.567. The molecule has 4 atom stereocenters. The lowest BCUT2D eigenvalue weighted by atomic mass is 10.1. The molecule has 1 unspecified atom stereocenters. The molecule has 2 fully saturated rings. The largest absolute Gasteiger partial charge is 0.466 e. The standard InChI is InChI=1S/C12H20O6/c1-3-15-10(14)4-5-12(2)17-7-9-11(18-12)8(13)6-16-9/h8-9,11,13H,3-7H2,1-2H3/t8-,9+,11+,12?/m1/s1. The van der Waals surface area contributed by atoms with Gasteiger partial charge in [-0.3, -0.25) is 4.79 Å². The quantitative estimate of drug-likeness (QED) is 0.729. The minimum atomic E-state index is -0.859. The van der Waals surface area contributed by atoms with Crippen LogP contribution in [-0.4, -0.2) is 55.0 Å². The van der Waals surface area contributed by atoms with Crippen LogP contribution in [0.1, 0.15) is 26.7 Å². The first-order chi connectivity index (χ1) is 8.54. The van der Waals surface area contributed by atoms with Crippen LogP contribution in [0.25, 0.3) is 0 Å². The van der Waals surface area contributed by atoms with Crippen molar-refractivity contribution in [2.24, 2.45) is 0 Å². The van der Waals surface area contributed by atoms with E-state index in [2.05, 4.69) is 0 Å². The van der Waals surface area contributed by atoms with E-state index < -0.39 is 11.9 Å². The third-order valence-electron chi connectivity index (χ3n) is 3.25. The monoisotopic (exact) mass is 260 g/mol. The average Bonchev–Trinajstić information content (AvgIpc) is 2.69. The lowest BCUT2D eigenvalue weighted by Crippen LogP contribution is -2.51. The first-order valence-corrected chi connectivity index (χ1v) is 6.31. The SMILES string of the molecule is CCOC(=O)CCC1(C)OC[C@@H]2OC[C@@H](O)[C@@H]2O1. The second kappa shape index (κ2) is 5.52. The molecule has 2 aliphatic heterocycles. The predicted octanol–water partition coefficient (Wildman–Crippen LogP) is 0.221. The van der Waals surface area contributed by atoms with Crippen LogP contribution in [0.2, 0.25) is 0 Å². The summed E-state index contributed by atoms with van der Waals surface area (Å²) in [5, 5.41) is 9.72. The molecule has 0 aromatic heterocycles. The van der Waals surface area contributed by atoms with Crippen molar-refractivity contribution in [1.82, 2.24) is 0 Å². The number of ether oxygens (including phenoxy) is 4. The van der Waals surface area contributed by atoms with Gasteiger partial charge in [-0.25, -0.2) is 0 Å². The summed E-state index contributed by atoms with van der Waals surface area (Å²) < 4.78 is 21.5. The fraction of sp³-hybridized carbons (Fsp3) is 0.917. The van der Waals surface area contributed by atoms with Gasteiger partial charge in [0.1, 0.15) is 18.3 Å². The molecule has 6 nitrogen and oxygen atoms in total. The number of aliphatic hydroxyl groups is 1. The van der Waals surface area contributed by atoms with E-state index in [1.165, 1.54) is 0 Å². The van der Waals surface area contributed by atoms with Crippen LogP contribution >= 0.6 is 0 Å². The predicted molar refractivity (Wildman–Crippen MR) is 60.8 cm³/mol. The van der Waals surface area contributed by atoms with Gasteiger partial charge < -0.3 is 24.1 Å². The molecule has 1 N–H and O–H groups in total. The Morgan fingerprint density at radius 3 is 3.00 bits per heavy atom. The Balaban J connectivity index is 1.86. The molecule has 2 saturated heterocycles. The van der Waals surface area contributed by atoms with E-state index >= 15 is 0 Å². The molecular weight excluding hydrogens is 240 g/mol. The maximum Gasteiger partial charge on any atom is 0.305 e. The van der Waals surface area contributed by atoms with Gasteiger partial charge in [0.05, 0.1) is 26.2 Å². The van der Waals surface area contributed by atoms with Crippen molar-refractivity contribution in [2.75, 3.05) is 19.8 Å². The minimum absolute atomic E-state index is 0.212. The van der Waals surface area contributed by atoms with Gasteiger partial charge in [-0.15, -0.1) is 0 Å². The van der Waals surface area contributed by atoms with Crippen LogP contribution in [0.5, 0.6) is 0 Å². The summed E-state index contributed by atoms with van der Waals surface area (Å²) in [6, 6.07) is 0. The maximum atomic E-state index is 11.3. The van der Waals surface area contributed by atoms with Crippen LogP contribution in [0.4, 0.5) is 0 Å². The highest BCUT2D eigenvalue weighted by Crippen LogP contribution is 2.33. The van der Waals surface area contributed by atoms with Crippen molar-refractivity contribution in [2.45, 2.75) is 50.8 Å². The Hall–Kier alpha value is -0.690. The van der Waals surface area contributed by atoms with Crippen LogP contribution in [0, 0.1) is 0 Å². The molecule has 0 aromatic rings. The van der Waals surface area contributed by atoms with Gasteiger partial charge in [-0.2, -0.15) is 0 Å². The zero-order valence-electron chi connectivity index (χ0n) is 10.8. The number of rotatable bonds is 4. The molecular formula is C12H20O6. The van der Waals surface area contributed by atoms with Gasteiger partial charge in [0.2, 0.25) is 0 Å². The smallest absolute Gasteiger partial charge is 0.305 e. The second-order valence-corrected chi connectivity index (χ2v) is 4.77. The molecule has 2 rings (SSSR count). The molecule has 18 heavy (non-hydrogen) atoms. The molecule has 0 spiro atoms. The maximum absolute atomic E-state index is 11.3. The van der Waals surface area contributed by atoms with E-state index in [-0.39, 0.29) is 31.2 Å².